The van der Waals surface area contributed by atoms with Crippen LogP contribution in [0, 0.1) is 5.92 Å². The number of likely N-dealkylation sites (N-methyl/N-ethyl adjacent to an activating group) is 1. The summed E-state index contributed by atoms with van der Waals surface area (Å²) < 4.78 is 1.11. The Morgan fingerprint density at radius 2 is 1.87 bits per heavy atom. The molecule has 1 unspecified atom stereocenters. The Hall–Kier alpha value is -0.340. The third-order valence-corrected chi connectivity index (χ3v) is 4.73. The number of nitrogens with zero attached hydrogens (tertiary/aromatic N) is 3. The van der Waals surface area contributed by atoms with Gasteiger partial charge in [0, 0.05) is 37.7 Å². The van der Waals surface area contributed by atoms with Crippen molar-refractivity contribution in [3.63, 3.8) is 0 Å². The van der Waals surface area contributed by atoms with Gasteiger partial charge in [-0.05, 0) is 50.6 Å². The van der Waals surface area contributed by atoms with Gasteiger partial charge in [-0.3, -0.25) is 4.99 Å². The van der Waals surface area contributed by atoms with E-state index in [1.54, 1.807) is 0 Å². The fourth-order valence-corrected chi connectivity index (χ4v) is 3.04. The molecular formula is C17H28BrIN4. The average Bonchev–Trinajstić information content (AvgIpc) is 3.30. The summed E-state index contributed by atoms with van der Waals surface area (Å²) in [6, 6.07) is 9.03. The van der Waals surface area contributed by atoms with Gasteiger partial charge in [0.05, 0.1) is 0 Å². The second-order valence-electron chi connectivity index (χ2n) is 6.28. The average molecular weight is 495 g/mol. The molecule has 1 atom stereocenters. The Morgan fingerprint density at radius 3 is 2.35 bits per heavy atom. The lowest BCUT2D eigenvalue weighted by Crippen LogP contribution is -2.46. The van der Waals surface area contributed by atoms with Gasteiger partial charge in [0.2, 0.25) is 0 Å². The molecule has 0 amide bonds. The molecule has 6 heteroatoms. The highest BCUT2D eigenvalue weighted by atomic mass is 127. The molecule has 130 valence electrons. The molecule has 1 fully saturated rings. The topological polar surface area (TPSA) is 30.9 Å². The first kappa shape index (κ1) is 20.7. The molecule has 0 heterocycles. The summed E-state index contributed by atoms with van der Waals surface area (Å²) in [7, 11) is 8.26. The Kier molecular flexibility index (Phi) is 8.85. The van der Waals surface area contributed by atoms with Crippen molar-refractivity contribution in [1.82, 2.24) is 15.1 Å². The zero-order valence-electron chi connectivity index (χ0n) is 14.4. The van der Waals surface area contributed by atoms with E-state index in [-0.39, 0.29) is 24.0 Å². The van der Waals surface area contributed by atoms with E-state index in [0.29, 0.717) is 6.04 Å². The first-order valence-electron chi connectivity index (χ1n) is 7.84. The van der Waals surface area contributed by atoms with Crippen molar-refractivity contribution in [1.29, 1.82) is 0 Å². The fraction of sp³-hybridized carbons (Fsp3) is 0.588. The van der Waals surface area contributed by atoms with Gasteiger partial charge >= 0.3 is 0 Å². The standard InChI is InChI=1S/C17H27BrN4.HI/c1-19-17(20-11-16(21(2)3)14-7-8-14)22(4)12-13-5-9-15(18)10-6-13;/h5-6,9-10,14,16H,7-8,11-12H2,1-4H3,(H,19,20);1H. The molecule has 0 aromatic heterocycles. The molecule has 2 rings (SSSR count). The van der Waals surface area contributed by atoms with Gasteiger partial charge in [0.25, 0.3) is 0 Å². The first-order valence-corrected chi connectivity index (χ1v) is 8.63. The quantitative estimate of drug-likeness (QED) is 0.373. The molecule has 1 aliphatic rings. The summed E-state index contributed by atoms with van der Waals surface area (Å²) in [5.41, 5.74) is 1.28. The van der Waals surface area contributed by atoms with Crippen LogP contribution >= 0.6 is 39.9 Å². The summed E-state index contributed by atoms with van der Waals surface area (Å²) in [5.74, 6) is 1.80. The van der Waals surface area contributed by atoms with E-state index >= 15 is 0 Å². The summed E-state index contributed by atoms with van der Waals surface area (Å²) >= 11 is 3.47. The number of hydrogen-bond donors (Lipinski definition) is 1. The van der Waals surface area contributed by atoms with E-state index in [1.165, 1.54) is 18.4 Å². The molecule has 1 aromatic carbocycles. The first-order chi connectivity index (χ1) is 10.5. The second kappa shape index (κ2) is 9.84. The lowest BCUT2D eigenvalue weighted by Gasteiger charge is -2.28. The Balaban J connectivity index is 0.00000264. The van der Waals surface area contributed by atoms with Gasteiger partial charge in [0.15, 0.2) is 5.96 Å². The number of benzene rings is 1. The van der Waals surface area contributed by atoms with Gasteiger partial charge in [-0.2, -0.15) is 0 Å². The highest BCUT2D eigenvalue weighted by Gasteiger charge is 2.32. The monoisotopic (exact) mass is 494 g/mol. The molecule has 0 aliphatic heterocycles. The maximum absolute atomic E-state index is 4.42. The highest BCUT2D eigenvalue weighted by molar-refractivity contribution is 14.0. The third kappa shape index (κ3) is 6.58. The van der Waals surface area contributed by atoms with Crippen LogP contribution in [-0.2, 0) is 6.54 Å². The molecule has 1 saturated carbocycles. The smallest absolute Gasteiger partial charge is 0.193 e. The molecule has 1 N–H and O–H groups in total. The van der Waals surface area contributed by atoms with Crippen LogP contribution in [0.25, 0.3) is 0 Å². The summed E-state index contributed by atoms with van der Waals surface area (Å²) in [5, 5.41) is 3.53. The van der Waals surface area contributed by atoms with Crippen LogP contribution in [0.4, 0.5) is 0 Å². The van der Waals surface area contributed by atoms with Crippen molar-refractivity contribution in [2.45, 2.75) is 25.4 Å². The van der Waals surface area contributed by atoms with Crippen LogP contribution in [0.5, 0.6) is 0 Å². The zero-order valence-corrected chi connectivity index (χ0v) is 18.3. The largest absolute Gasteiger partial charge is 0.355 e. The Bertz CT molecular complexity index is 498. The predicted octanol–water partition coefficient (Wildman–Crippen LogP) is 3.41. The van der Waals surface area contributed by atoms with Gasteiger partial charge in [0.1, 0.15) is 0 Å². The number of aliphatic imine (C=N–C) groups is 1. The predicted molar refractivity (Wildman–Crippen MR) is 113 cm³/mol. The van der Waals surface area contributed by atoms with Crippen molar-refractivity contribution in [2.24, 2.45) is 10.9 Å². The molecule has 1 aromatic rings. The van der Waals surface area contributed by atoms with Crippen LogP contribution in [0.1, 0.15) is 18.4 Å². The zero-order chi connectivity index (χ0) is 16.1. The van der Waals surface area contributed by atoms with Crippen LogP contribution in [0.2, 0.25) is 0 Å². The number of nitrogens with one attached hydrogen (secondary N) is 1. The molecule has 4 nitrogen and oxygen atoms in total. The molecule has 23 heavy (non-hydrogen) atoms. The summed E-state index contributed by atoms with van der Waals surface area (Å²) in [4.78, 5) is 8.91. The maximum atomic E-state index is 4.42. The van der Waals surface area contributed by atoms with Crippen molar-refractivity contribution in [2.75, 3.05) is 34.7 Å². The minimum absolute atomic E-state index is 0. The Labute approximate surface area is 165 Å². The lowest BCUT2D eigenvalue weighted by molar-refractivity contribution is 0.262. The van der Waals surface area contributed by atoms with Gasteiger partial charge < -0.3 is 15.1 Å². The van der Waals surface area contributed by atoms with Crippen molar-refractivity contribution in [3.05, 3.63) is 34.3 Å². The van der Waals surface area contributed by atoms with Gasteiger partial charge in [-0.1, -0.05) is 28.1 Å². The number of rotatable bonds is 6. The van der Waals surface area contributed by atoms with Gasteiger partial charge in [-0.25, -0.2) is 0 Å². The van der Waals surface area contributed by atoms with Gasteiger partial charge in [-0.15, -0.1) is 24.0 Å². The number of guanidine groups is 1. The Morgan fingerprint density at radius 1 is 1.26 bits per heavy atom. The van der Waals surface area contributed by atoms with E-state index in [2.05, 4.69) is 81.4 Å². The molecular weight excluding hydrogens is 467 g/mol. The van der Waals surface area contributed by atoms with Crippen LogP contribution in [-0.4, -0.2) is 56.5 Å². The van der Waals surface area contributed by atoms with Crippen molar-refractivity contribution >= 4 is 45.9 Å². The van der Waals surface area contributed by atoms with Crippen LogP contribution < -0.4 is 5.32 Å². The molecule has 0 spiro atoms. The normalized spacial score (nSPS) is 16.0. The second-order valence-corrected chi connectivity index (χ2v) is 7.19. The molecule has 0 radical (unpaired) electrons. The third-order valence-electron chi connectivity index (χ3n) is 4.21. The minimum atomic E-state index is 0. The van der Waals surface area contributed by atoms with E-state index in [0.717, 1.165) is 29.4 Å². The summed E-state index contributed by atoms with van der Waals surface area (Å²) in [6.07, 6.45) is 2.72. The van der Waals surface area contributed by atoms with E-state index in [4.69, 9.17) is 0 Å². The van der Waals surface area contributed by atoms with Crippen molar-refractivity contribution in [3.8, 4) is 0 Å². The van der Waals surface area contributed by atoms with Crippen molar-refractivity contribution < 1.29 is 0 Å². The number of halogens is 2. The molecule has 0 saturated heterocycles. The number of hydrogen-bond acceptors (Lipinski definition) is 2. The lowest BCUT2D eigenvalue weighted by atomic mass is 10.1. The van der Waals surface area contributed by atoms with E-state index in [9.17, 15) is 0 Å². The molecule has 1 aliphatic carbocycles. The van der Waals surface area contributed by atoms with E-state index < -0.39 is 0 Å². The summed E-state index contributed by atoms with van der Waals surface area (Å²) in [6.45, 7) is 1.80. The maximum Gasteiger partial charge on any atom is 0.193 e. The van der Waals surface area contributed by atoms with Crippen LogP contribution in [0.3, 0.4) is 0 Å². The van der Waals surface area contributed by atoms with E-state index in [1.807, 2.05) is 7.05 Å². The minimum Gasteiger partial charge on any atom is -0.355 e. The fourth-order valence-electron chi connectivity index (χ4n) is 2.77. The van der Waals surface area contributed by atoms with Crippen LogP contribution in [0.15, 0.2) is 33.7 Å². The highest BCUT2D eigenvalue weighted by Crippen LogP contribution is 2.34. The SMILES string of the molecule is CN=C(NCC(C1CC1)N(C)C)N(C)Cc1ccc(Br)cc1.I. The molecule has 0 bridgehead atoms.